The minimum absolute atomic E-state index is 0.0400. The van der Waals surface area contributed by atoms with Crippen LogP contribution in [0.25, 0.3) is 11.3 Å². The third-order valence-electron chi connectivity index (χ3n) is 2.57. The molecule has 0 aliphatic carbocycles. The van der Waals surface area contributed by atoms with Crippen LogP contribution in [0.4, 0.5) is 14.6 Å². The van der Waals surface area contributed by atoms with Crippen molar-refractivity contribution in [3.63, 3.8) is 0 Å². The number of aromatic nitrogens is 2. The van der Waals surface area contributed by atoms with E-state index in [0.29, 0.717) is 23.7 Å². The van der Waals surface area contributed by atoms with Crippen molar-refractivity contribution in [2.24, 2.45) is 5.84 Å². The minimum atomic E-state index is -2.92. The molecule has 0 atom stereocenters. The predicted octanol–water partition coefficient (Wildman–Crippen LogP) is 2.43. The molecule has 8 heteroatoms. The van der Waals surface area contributed by atoms with Gasteiger partial charge in [0.1, 0.15) is 5.69 Å². The highest BCUT2D eigenvalue weighted by Gasteiger charge is 2.14. The molecule has 0 unspecified atom stereocenters. The van der Waals surface area contributed by atoms with Crippen LogP contribution in [0.3, 0.4) is 0 Å². The van der Waals surface area contributed by atoms with Gasteiger partial charge >= 0.3 is 6.61 Å². The molecule has 3 N–H and O–H groups in total. The topological polar surface area (TPSA) is 82.3 Å². The summed E-state index contributed by atoms with van der Waals surface area (Å²) in [6.07, 6.45) is 2.98. The zero-order chi connectivity index (χ0) is 15.2. The fourth-order valence-electron chi connectivity index (χ4n) is 1.77. The summed E-state index contributed by atoms with van der Waals surface area (Å²) in [4.78, 5) is 8.19. The standard InChI is InChI=1S/C13H14F2N4O2/c1-2-20-10-7-8(3-4-9(10)21-13(14)15)11-12(19-16)18-6-5-17-11/h3-7,13H,2,16H2,1H3,(H,18,19). The Morgan fingerprint density at radius 1 is 1.24 bits per heavy atom. The number of nitrogen functional groups attached to an aromatic ring is 1. The third kappa shape index (κ3) is 3.54. The lowest BCUT2D eigenvalue weighted by Crippen LogP contribution is -2.10. The average molecular weight is 296 g/mol. The number of nitrogens with one attached hydrogen (secondary N) is 1. The van der Waals surface area contributed by atoms with Gasteiger partial charge in [0.2, 0.25) is 0 Å². The van der Waals surface area contributed by atoms with Crippen LogP contribution in [0.15, 0.2) is 30.6 Å². The Bertz CT molecular complexity index is 610. The number of hydrogen-bond donors (Lipinski definition) is 2. The van der Waals surface area contributed by atoms with Crippen molar-refractivity contribution in [1.82, 2.24) is 9.97 Å². The monoisotopic (exact) mass is 296 g/mol. The number of anilines is 1. The maximum Gasteiger partial charge on any atom is 0.387 e. The molecule has 0 saturated heterocycles. The summed E-state index contributed by atoms with van der Waals surface area (Å²) in [6, 6.07) is 4.51. The van der Waals surface area contributed by atoms with Crippen LogP contribution in [0.2, 0.25) is 0 Å². The van der Waals surface area contributed by atoms with Gasteiger partial charge in [0.05, 0.1) is 6.61 Å². The van der Waals surface area contributed by atoms with Crippen LogP contribution >= 0.6 is 0 Å². The van der Waals surface area contributed by atoms with Crippen LogP contribution in [-0.2, 0) is 0 Å². The molecule has 2 rings (SSSR count). The smallest absolute Gasteiger partial charge is 0.387 e. The van der Waals surface area contributed by atoms with Crippen molar-refractivity contribution < 1.29 is 18.3 Å². The summed E-state index contributed by atoms with van der Waals surface area (Å²) in [5, 5.41) is 0. The SMILES string of the molecule is CCOc1cc(-c2nccnc2NN)ccc1OC(F)F. The number of hydrogen-bond acceptors (Lipinski definition) is 6. The summed E-state index contributed by atoms with van der Waals surface area (Å²) in [5.74, 6) is 5.89. The summed E-state index contributed by atoms with van der Waals surface area (Å²) in [7, 11) is 0. The lowest BCUT2D eigenvalue weighted by atomic mass is 10.1. The highest BCUT2D eigenvalue weighted by molar-refractivity contribution is 5.73. The first-order valence-electron chi connectivity index (χ1n) is 6.15. The average Bonchev–Trinajstić information content (AvgIpc) is 2.49. The molecule has 6 nitrogen and oxygen atoms in total. The minimum Gasteiger partial charge on any atom is -0.490 e. The van der Waals surface area contributed by atoms with E-state index in [2.05, 4.69) is 20.1 Å². The quantitative estimate of drug-likeness (QED) is 0.629. The number of halogens is 2. The molecule has 2 aromatic rings. The largest absolute Gasteiger partial charge is 0.490 e. The number of nitrogens with zero attached hydrogens (tertiary/aromatic N) is 2. The lowest BCUT2D eigenvalue weighted by Gasteiger charge is -2.13. The first kappa shape index (κ1) is 14.9. The molecule has 0 aliphatic rings. The molecular weight excluding hydrogens is 282 g/mol. The molecule has 1 aromatic heterocycles. The highest BCUT2D eigenvalue weighted by Crippen LogP contribution is 2.34. The van der Waals surface area contributed by atoms with E-state index in [1.807, 2.05) is 0 Å². The number of hydrazine groups is 1. The van der Waals surface area contributed by atoms with E-state index in [1.54, 1.807) is 19.1 Å². The summed E-state index contributed by atoms with van der Waals surface area (Å²) >= 11 is 0. The summed E-state index contributed by atoms with van der Waals surface area (Å²) in [5.41, 5.74) is 3.52. The van der Waals surface area contributed by atoms with Crippen LogP contribution in [0, 0.1) is 0 Å². The van der Waals surface area contributed by atoms with Crippen LogP contribution < -0.4 is 20.7 Å². The lowest BCUT2D eigenvalue weighted by molar-refractivity contribution is -0.0514. The van der Waals surface area contributed by atoms with Gasteiger partial charge in [-0.3, -0.25) is 4.98 Å². The van der Waals surface area contributed by atoms with E-state index in [4.69, 9.17) is 10.6 Å². The molecule has 0 bridgehead atoms. The Balaban J connectivity index is 2.43. The van der Waals surface area contributed by atoms with Crippen LogP contribution in [-0.4, -0.2) is 23.2 Å². The van der Waals surface area contributed by atoms with Gasteiger partial charge in [0.25, 0.3) is 0 Å². The van der Waals surface area contributed by atoms with Crippen molar-refractivity contribution in [3.8, 4) is 22.8 Å². The van der Waals surface area contributed by atoms with Gasteiger partial charge in [-0.25, -0.2) is 10.8 Å². The second-order valence-corrected chi connectivity index (χ2v) is 3.87. The van der Waals surface area contributed by atoms with Gasteiger partial charge in [-0.05, 0) is 25.1 Å². The normalized spacial score (nSPS) is 10.5. The van der Waals surface area contributed by atoms with Gasteiger partial charge in [-0.2, -0.15) is 8.78 Å². The van der Waals surface area contributed by atoms with Crippen molar-refractivity contribution in [2.45, 2.75) is 13.5 Å². The first-order chi connectivity index (χ1) is 10.2. The second-order valence-electron chi connectivity index (χ2n) is 3.87. The van der Waals surface area contributed by atoms with E-state index in [-0.39, 0.29) is 11.5 Å². The molecule has 0 fully saturated rings. The maximum atomic E-state index is 12.4. The molecule has 1 aromatic carbocycles. The number of nitrogens with two attached hydrogens (primary N) is 1. The molecule has 0 saturated carbocycles. The zero-order valence-corrected chi connectivity index (χ0v) is 11.2. The maximum absolute atomic E-state index is 12.4. The van der Waals surface area contributed by atoms with E-state index in [1.165, 1.54) is 18.5 Å². The molecule has 112 valence electrons. The van der Waals surface area contributed by atoms with E-state index in [0.717, 1.165) is 0 Å². The van der Waals surface area contributed by atoms with Gasteiger partial charge in [-0.15, -0.1) is 0 Å². The fraction of sp³-hybridized carbons (Fsp3) is 0.231. The second kappa shape index (κ2) is 6.80. The number of benzene rings is 1. The molecule has 1 heterocycles. The molecule has 0 spiro atoms. The van der Waals surface area contributed by atoms with Crippen molar-refractivity contribution >= 4 is 5.82 Å². The van der Waals surface area contributed by atoms with Crippen LogP contribution in [0.5, 0.6) is 11.5 Å². The zero-order valence-electron chi connectivity index (χ0n) is 11.2. The first-order valence-corrected chi connectivity index (χ1v) is 6.15. The Morgan fingerprint density at radius 3 is 2.67 bits per heavy atom. The van der Waals surface area contributed by atoms with Crippen LogP contribution in [0.1, 0.15) is 6.92 Å². The Hall–Kier alpha value is -2.48. The number of ether oxygens (including phenoxy) is 2. The van der Waals surface area contributed by atoms with E-state index < -0.39 is 6.61 Å². The highest BCUT2D eigenvalue weighted by atomic mass is 19.3. The van der Waals surface area contributed by atoms with Gasteiger partial charge in [-0.1, -0.05) is 0 Å². The summed E-state index contributed by atoms with van der Waals surface area (Å²) in [6.45, 7) is -0.868. The molecule has 21 heavy (non-hydrogen) atoms. The predicted molar refractivity (Wildman–Crippen MR) is 73.1 cm³/mol. The molecule has 0 aliphatic heterocycles. The molecule has 0 radical (unpaired) electrons. The van der Waals surface area contributed by atoms with Crippen molar-refractivity contribution in [1.29, 1.82) is 0 Å². The van der Waals surface area contributed by atoms with E-state index >= 15 is 0 Å². The fourth-order valence-corrected chi connectivity index (χ4v) is 1.77. The third-order valence-corrected chi connectivity index (χ3v) is 2.57. The van der Waals surface area contributed by atoms with E-state index in [9.17, 15) is 8.78 Å². The Morgan fingerprint density at radius 2 is 2.00 bits per heavy atom. The van der Waals surface area contributed by atoms with Crippen molar-refractivity contribution in [3.05, 3.63) is 30.6 Å². The van der Waals surface area contributed by atoms with Crippen molar-refractivity contribution in [2.75, 3.05) is 12.0 Å². The molecule has 0 amide bonds. The number of rotatable bonds is 6. The number of alkyl halides is 2. The van der Waals surface area contributed by atoms with Gasteiger partial charge in [0.15, 0.2) is 17.3 Å². The van der Waals surface area contributed by atoms with Gasteiger partial charge in [0, 0.05) is 18.0 Å². The molecular formula is C13H14F2N4O2. The Labute approximate surface area is 119 Å². The summed E-state index contributed by atoms with van der Waals surface area (Å²) < 4.78 is 34.4. The van der Waals surface area contributed by atoms with Gasteiger partial charge < -0.3 is 14.9 Å². The Kier molecular flexibility index (Phi) is 4.83.